The van der Waals surface area contributed by atoms with Gasteiger partial charge in [-0.15, -0.1) is 6.58 Å². The first-order valence-corrected chi connectivity index (χ1v) is 12.7. The van der Waals surface area contributed by atoms with E-state index in [9.17, 15) is 10.2 Å². The van der Waals surface area contributed by atoms with E-state index in [1.165, 1.54) is 50.5 Å². The number of fused-ring (bicyclic) bond motifs is 5. The Hall–Kier alpha value is -0.340. The summed E-state index contributed by atoms with van der Waals surface area (Å²) >= 11 is 0. The highest BCUT2D eigenvalue weighted by molar-refractivity contribution is 5.11. The summed E-state index contributed by atoms with van der Waals surface area (Å²) in [7, 11) is 0. The van der Waals surface area contributed by atoms with Crippen molar-refractivity contribution in [2.24, 2.45) is 46.3 Å². The molecule has 0 aromatic heterocycles. The lowest BCUT2D eigenvalue weighted by Gasteiger charge is -2.61. The summed E-state index contributed by atoms with van der Waals surface area (Å²) in [4.78, 5) is 0. The molecule has 0 aliphatic heterocycles. The largest absolute Gasteiger partial charge is 0.393 e. The van der Waals surface area contributed by atoms with Crippen LogP contribution in [0.2, 0.25) is 0 Å². The zero-order chi connectivity index (χ0) is 21.0. The Morgan fingerprint density at radius 3 is 2.45 bits per heavy atom. The van der Waals surface area contributed by atoms with Crippen LogP contribution in [-0.4, -0.2) is 22.4 Å². The van der Waals surface area contributed by atoms with Crippen LogP contribution in [-0.2, 0) is 0 Å². The van der Waals surface area contributed by atoms with Gasteiger partial charge in [0.05, 0.1) is 12.2 Å². The summed E-state index contributed by atoms with van der Waals surface area (Å²) < 4.78 is 0. The number of hydrogen-bond acceptors (Lipinski definition) is 2. The minimum absolute atomic E-state index is 0.0591. The number of allylic oxidation sites excluding steroid dienone is 1. The van der Waals surface area contributed by atoms with E-state index >= 15 is 0 Å². The van der Waals surface area contributed by atoms with Gasteiger partial charge in [0.1, 0.15) is 0 Å². The molecule has 4 saturated carbocycles. The summed E-state index contributed by atoms with van der Waals surface area (Å²) in [6, 6.07) is 0. The molecule has 0 bridgehead atoms. The van der Waals surface area contributed by atoms with E-state index in [1.54, 1.807) is 0 Å². The lowest BCUT2D eigenvalue weighted by molar-refractivity contribution is -0.130. The van der Waals surface area contributed by atoms with Gasteiger partial charge >= 0.3 is 0 Å². The monoisotopic (exact) mass is 402 g/mol. The zero-order valence-corrected chi connectivity index (χ0v) is 19.5. The SMILES string of the molecule is C=C(C)CCC[C@@H](C)[C@H]1C(O)C[C@H]2[C@@H]3CC[C@H]4C[C@@H](O)CC[C@]4(C)[C@H]3CC[C@]12C. The van der Waals surface area contributed by atoms with Gasteiger partial charge in [-0.05, 0) is 117 Å². The van der Waals surface area contributed by atoms with Crippen molar-refractivity contribution in [3.8, 4) is 0 Å². The van der Waals surface area contributed by atoms with Crippen molar-refractivity contribution < 1.29 is 10.2 Å². The minimum atomic E-state index is -0.109. The van der Waals surface area contributed by atoms with Gasteiger partial charge in [-0.1, -0.05) is 32.8 Å². The highest BCUT2D eigenvalue weighted by atomic mass is 16.3. The van der Waals surface area contributed by atoms with Crippen LogP contribution < -0.4 is 0 Å². The number of aliphatic hydroxyl groups excluding tert-OH is 2. The van der Waals surface area contributed by atoms with Gasteiger partial charge < -0.3 is 10.2 Å². The molecule has 2 heteroatoms. The third-order valence-electron chi connectivity index (χ3n) is 10.6. The maximum absolute atomic E-state index is 11.2. The predicted molar refractivity (Wildman–Crippen MR) is 120 cm³/mol. The Morgan fingerprint density at radius 1 is 1.00 bits per heavy atom. The van der Waals surface area contributed by atoms with Crippen LogP contribution in [0, 0.1) is 46.3 Å². The number of rotatable bonds is 5. The molecule has 0 aromatic carbocycles. The summed E-state index contributed by atoms with van der Waals surface area (Å²) in [5, 5.41) is 21.5. The predicted octanol–water partition coefficient (Wildman–Crippen LogP) is 6.36. The summed E-state index contributed by atoms with van der Waals surface area (Å²) in [6.45, 7) is 13.7. The van der Waals surface area contributed by atoms with Gasteiger partial charge in [0.15, 0.2) is 0 Å². The normalized spacial score (nSPS) is 50.3. The molecule has 2 nitrogen and oxygen atoms in total. The van der Waals surface area contributed by atoms with Crippen LogP contribution in [0.25, 0.3) is 0 Å². The van der Waals surface area contributed by atoms with Crippen LogP contribution in [0.3, 0.4) is 0 Å². The average molecular weight is 403 g/mol. The van der Waals surface area contributed by atoms with Crippen LogP contribution >= 0.6 is 0 Å². The minimum Gasteiger partial charge on any atom is -0.393 e. The van der Waals surface area contributed by atoms with E-state index < -0.39 is 0 Å². The maximum atomic E-state index is 11.2. The molecule has 10 atom stereocenters. The van der Waals surface area contributed by atoms with Crippen LogP contribution in [0.1, 0.15) is 98.3 Å². The molecule has 0 aromatic rings. The molecule has 0 radical (unpaired) electrons. The van der Waals surface area contributed by atoms with Crippen LogP contribution in [0.4, 0.5) is 0 Å². The van der Waals surface area contributed by atoms with Crippen LogP contribution in [0.15, 0.2) is 12.2 Å². The number of aliphatic hydroxyl groups is 2. The van der Waals surface area contributed by atoms with Crippen molar-refractivity contribution in [1.82, 2.24) is 0 Å². The van der Waals surface area contributed by atoms with E-state index in [-0.39, 0.29) is 12.2 Å². The first-order valence-electron chi connectivity index (χ1n) is 12.7. The van der Waals surface area contributed by atoms with Gasteiger partial charge in [-0.25, -0.2) is 0 Å². The second-order valence-corrected chi connectivity index (χ2v) is 12.3. The third kappa shape index (κ3) is 3.65. The van der Waals surface area contributed by atoms with Crippen molar-refractivity contribution in [3.05, 3.63) is 12.2 Å². The summed E-state index contributed by atoms with van der Waals surface area (Å²) in [5.41, 5.74) is 2.04. The fourth-order valence-electron chi connectivity index (χ4n) is 9.22. The molecule has 1 unspecified atom stereocenters. The standard InChI is InChI=1S/C27H46O2/c1-17(2)7-6-8-18(3)25-24(29)16-23-21-10-9-19-15-20(28)11-13-26(19,4)22(21)12-14-27(23,25)5/h18-25,28-29H,1,6-16H2,2-5H3/t18-,19+,20+,21-,22+,23+,24?,25+,26+,27+/m1/s1. The van der Waals surface area contributed by atoms with Crippen molar-refractivity contribution in [2.75, 3.05) is 0 Å². The Labute approximate surface area is 179 Å². The molecule has 4 aliphatic carbocycles. The van der Waals surface area contributed by atoms with Crippen molar-refractivity contribution >= 4 is 0 Å². The van der Waals surface area contributed by atoms with E-state index in [4.69, 9.17) is 0 Å². The zero-order valence-electron chi connectivity index (χ0n) is 19.5. The second-order valence-electron chi connectivity index (χ2n) is 12.3. The lowest BCUT2D eigenvalue weighted by atomic mass is 9.44. The van der Waals surface area contributed by atoms with Crippen molar-refractivity contribution in [2.45, 2.75) is 111 Å². The fraction of sp³-hybridized carbons (Fsp3) is 0.926. The topological polar surface area (TPSA) is 40.5 Å². The average Bonchev–Trinajstić information content (AvgIpc) is 2.92. The Balaban J connectivity index is 1.51. The third-order valence-corrected chi connectivity index (χ3v) is 10.6. The second kappa shape index (κ2) is 7.97. The van der Waals surface area contributed by atoms with E-state index in [0.29, 0.717) is 28.6 Å². The molecule has 0 heterocycles. The molecule has 2 N–H and O–H groups in total. The molecule has 4 rings (SSSR count). The Bertz CT molecular complexity index is 614. The Kier molecular flexibility index (Phi) is 6.01. The van der Waals surface area contributed by atoms with Gasteiger partial charge in [0.2, 0.25) is 0 Å². The summed E-state index contributed by atoms with van der Waals surface area (Å²) in [5.74, 6) is 4.11. The van der Waals surface area contributed by atoms with Gasteiger partial charge in [-0.3, -0.25) is 0 Å². The van der Waals surface area contributed by atoms with Gasteiger partial charge in [0.25, 0.3) is 0 Å². The molecule has 4 fully saturated rings. The molecule has 29 heavy (non-hydrogen) atoms. The van der Waals surface area contributed by atoms with Gasteiger partial charge in [-0.2, -0.15) is 0 Å². The van der Waals surface area contributed by atoms with E-state index in [2.05, 4.69) is 34.3 Å². The smallest absolute Gasteiger partial charge is 0.0579 e. The maximum Gasteiger partial charge on any atom is 0.0579 e. The van der Waals surface area contributed by atoms with Crippen molar-refractivity contribution in [1.29, 1.82) is 0 Å². The van der Waals surface area contributed by atoms with E-state index in [0.717, 1.165) is 43.4 Å². The fourth-order valence-corrected chi connectivity index (χ4v) is 9.22. The highest BCUT2D eigenvalue weighted by Gasteiger charge is 2.62. The molecule has 4 aliphatic rings. The first-order chi connectivity index (χ1) is 13.7. The molecular weight excluding hydrogens is 356 g/mol. The molecule has 166 valence electrons. The lowest BCUT2D eigenvalue weighted by Crippen LogP contribution is -2.54. The Morgan fingerprint density at radius 2 is 1.72 bits per heavy atom. The van der Waals surface area contributed by atoms with Crippen LogP contribution in [0.5, 0.6) is 0 Å². The molecular formula is C27H46O2. The molecule has 0 spiro atoms. The van der Waals surface area contributed by atoms with Gasteiger partial charge in [0, 0.05) is 0 Å². The first kappa shape index (κ1) is 21.9. The molecule has 0 amide bonds. The highest BCUT2D eigenvalue weighted by Crippen LogP contribution is 2.68. The van der Waals surface area contributed by atoms with E-state index in [1.807, 2.05) is 0 Å². The molecule has 0 saturated heterocycles. The number of hydrogen-bond donors (Lipinski definition) is 2. The summed E-state index contributed by atoms with van der Waals surface area (Å²) in [6.07, 6.45) is 13.0. The van der Waals surface area contributed by atoms with Crippen molar-refractivity contribution in [3.63, 3.8) is 0 Å². The quantitative estimate of drug-likeness (QED) is 0.525.